The first kappa shape index (κ1) is 24.2. The number of halogens is 5. The van der Waals surface area contributed by atoms with Crippen molar-refractivity contribution in [3.63, 3.8) is 0 Å². The highest BCUT2D eigenvalue weighted by Crippen LogP contribution is 2.30. The van der Waals surface area contributed by atoms with Crippen LogP contribution in [0.4, 0.5) is 27.6 Å². The van der Waals surface area contributed by atoms with Crippen molar-refractivity contribution in [2.24, 2.45) is 0 Å². The van der Waals surface area contributed by atoms with Gasteiger partial charge in [-0.25, -0.2) is 17.2 Å². The largest absolute Gasteiger partial charge is 0.573 e. The van der Waals surface area contributed by atoms with Crippen molar-refractivity contribution in [1.29, 1.82) is 5.26 Å². The van der Waals surface area contributed by atoms with Gasteiger partial charge >= 0.3 is 6.36 Å². The zero-order chi connectivity index (χ0) is 24.6. The number of nitriles is 1. The summed E-state index contributed by atoms with van der Waals surface area (Å²) in [6, 6.07) is 5.58. The predicted octanol–water partition coefficient (Wildman–Crippen LogP) is 3.10. The van der Waals surface area contributed by atoms with Gasteiger partial charge in [0.15, 0.2) is 9.84 Å². The summed E-state index contributed by atoms with van der Waals surface area (Å²) in [4.78, 5) is 15.1. The Morgan fingerprint density at radius 3 is 2.24 bits per heavy atom. The van der Waals surface area contributed by atoms with E-state index in [4.69, 9.17) is 5.26 Å². The molecule has 176 valence electrons. The fourth-order valence-corrected chi connectivity index (χ4v) is 3.95. The van der Waals surface area contributed by atoms with Crippen molar-refractivity contribution in [3.05, 3.63) is 53.1 Å². The summed E-state index contributed by atoms with van der Waals surface area (Å²) < 4.78 is 94.0. The number of carbonyl (C=O) groups is 1. The molecule has 1 amide bonds. The number of anilines is 1. The summed E-state index contributed by atoms with van der Waals surface area (Å²) in [5.41, 5.74) is -1.19. The average Bonchev–Trinajstić information content (AvgIpc) is 2.73. The molecule has 1 saturated heterocycles. The summed E-state index contributed by atoms with van der Waals surface area (Å²) >= 11 is 0. The van der Waals surface area contributed by atoms with Gasteiger partial charge < -0.3 is 14.5 Å². The highest BCUT2D eigenvalue weighted by atomic mass is 32.2. The molecule has 0 radical (unpaired) electrons. The van der Waals surface area contributed by atoms with Crippen LogP contribution in [0.2, 0.25) is 0 Å². The Labute approximate surface area is 185 Å². The van der Waals surface area contributed by atoms with Crippen LogP contribution in [-0.2, 0) is 9.84 Å². The maximum atomic E-state index is 14.3. The predicted molar refractivity (Wildman–Crippen MR) is 105 cm³/mol. The molecule has 1 fully saturated rings. The smallest absolute Gasteiger partial charge is 0.405 e. The number of hydrogen-bond donors (Lipinski definition) is 0. The van der Waals surface area contributed by atoms with Crippen LogP contribution < -0.4 is 9.64 Å². The highest BCUT2D eigenvalue weighted by Gasteiger charge is 2.35. The molecular formula is C20H16F5N3O4S. The molecule has 1 heterocycles. The molecule has 7 nitrogen and oxygen atoms in total. The van der Waals surface area contributed by atoms with E-state index in [2.05, 4.69) is 4.74 Å². The summed E-state index contributed by atoms with van der Waals surface area (Å²) in [6.45, 7) is -0.132. The zero-order valence-electron chi connectivity index (χ0n) is 17.0. The van der Waals surface area contributed by atoms with Crippen LogP contribution in [0.5, 0.6) is 5.75 Å². The molecule has 0 spiro atoms. The molecule has 3 rings (SSSR count). The fourth-order valence-electron chi connectivity index (χ4n) is 3.31. The second-order valence-corrected chi connectivity index (χ2v) is 9.17. The Hall–Kier alpha value is -3.40. The number of piperazine rings is 1. The second-order valence-electron chi connectivity index (χ2n) is 7.15. The van der Waals surface area contributed by atoms with Gasteiger partial charge in [-0.15, -0.1) is 13.2 Å². The first-order chi connectivity index (χ1) is 15.3. The molecule has 1 aliphatic rings. The summed E-state index contributed by atoms with van der Waals surface area (Å²) in [5.74, 6) is -3.53. The standard InChI is InChI=1S/C20H16F5N3O4S/c1-33(30,31)13-2-3-18(32-20(23,24)25)14(9-13)19(29)28-6-4-27(5-7-28)17-10-15(21)12(11-26)8-16(17)22/h2-3,8-10H,4-7H2,1H3. The van der Waals surface area contributed by atoms with Crippen LogP contribution in [0.1, 0.15) is 15.9 Å². The molecule has 0 aromatic heterocycles. The van der Waals surface area contributed by atoms with Gasteiger partial charge in [-0.1, -0.05) is 0 Å². The second kappa shape index (κ2) is 8.86. The summed E-state index contributed by atoms with van der Waals surface area (Å²) in [7, 11) is -3.83. The number of nitrogens with zero attached hydrogens (tertiary/aromatic N) is 3. The maximum absolute atomic E-state index is 14.3. The van der Waals surface area contributed by atoms with Crippen LogP contribution in [0.15, 0.2) is 35.2 Å². The van der Waals surface area contributed by atoms with Gasteiger partial charge in [-0.3, -0.25) is 4.79 Å². The van der Waals surface area contributed by atoms with E-state index in [-0.39, 0.29) is 36.8 Å². The van der Waals surface area contributed by atoms with E-state index in [0.717, 1.165) is 41.5 Å². The summed E-state index contributed by atoms with van der Waals surface area (Å²) in [6.07, 6.45) is -4.28. The SMILES string of the molecule is CS(=O)(=O)c1ccc(OC(F)(F)F)c(C(=O)N2CCN(c3cc(F)c(C#N)cc3F)CC2)c1. The van der Waals surface area contributed by atoms with E-state index in [9.17, 15) is 35.2 Å². The Balaban J connectivity index is 1.84. The molecule has 0 bridgehead atoms. The number of amides is 1. The monoisotopic (exact) mass is 489 g/mol. The average molecular weight is 489 g/mol. The third-order valence-electron chi connectivity index (χ3n) is 4.90. The van der Waals surface area contributed by atoms with E-state index >= 15 is 0 Å². The molecule has 0 atom stereocenters. The molecule has 0 aliphatic carbocycles. The normalized spacial score (nSPS) is 14.7. The van der Waals surface area contributed by atoms with Crippen molar-refractivity contribution in [2.75, 3.05) is 37.3 Å². The third kappa shape index (κ3) is 5.51. The number of hydrogen-bond acceptors (Lipinski definition) is 6. The highest BCUT2D eigenvalue weighted by molar-refractivity contribution is 7.90. The minimum atomic E-state index is -5.11. The fraction of sp³-hybridized carbons (Fsp3) is 0.300. The minimum Gasteiger partial charge on any atom is -0.405 e. The quantitative estimate of drug-likeness (QED) is 0.614. The number of carbonyl (C=O) groups excluding carboxylic acids is 1. The van der Waals surface area contributed by atoms with Gasteiger partial charge in [0.25, 0.3) is 5.91 Å². The first-order valence-corrected chi connectivity index (χ1v) is 11.2. The molecule has 2 aromatic carbocycles. The van der Waals surface area contributed by atoms with Gasteiger partial charge in [0.05, 0.1) is 21.7 Å². The zero-order valence-corrected chi connectivity index (χ0v) is 17.8. The minimum absolute atomic E-state index is 0.00916. The number of ether oxygens (including phenoxy) is 1. The number of rotatable bonds is 4. The first-order valence-electron chi connectivity index (χ1n) is 9.33. The van der Waals surface area contributed by atoms with Crippen molar-refractivity contribution in [2.45, 2.75) is 11.3 Å². The molecule has 2 aromatic rings. The Morgan fingerprint density at radius 1 is 1.06 bits per heavy atom. The van der Waals surface area contributed by atoms with E-state index < -0.39 is 50.6 Å². The lowest BCUT2D eigenvalue weighted by Crippen LogP contribution is -2.49. The van der Waals surface area contributed by atoms with Crippen LogP contribution in [0.3, 0.4) is 0 Å². The van der Waals surface area contributed by atoms with Crippen molar-refractivity contribution >= 4 is 21.4 Å². The van der Waals surface area contributed by atoms with Crippen LogP contribution >= 0.6 is 0 Å². The molecule has 13 heteroatoms. The van der Waals surface area contributed by atoms with Crippen molar-refractivity contribution < 1.29 is 39.9 Å². The molecule has 0 unspecified atom stereocenters. The number of alkyl halides is 3. The molecule has 0 N–H and O–H groups in total. The van der Waals surface area contributed by atoms with Crippen LogP contribution in [-0.4, -0.2) is 58.0 Å². The Kier molecular flexibility index (Phi) is 6.51. The lowest BCUT2D eigenvalue weighted by atomic mass is 10.1. The Morgan fingerprint density at radius 2 is 1.70 bits per heavy atom. The van der Waals surface area contributed by atoms with E-state index in [1.54, 1.807) is 0 Å². The van der Waals surface area contributed by atoms with Gasteiger partial charge in [0.2, 0.25) is 0 Å². The van der Waals surface area contributed by atoms with E-state index in [1.807, 2.05) is 0 Å². The van der Waals surface area contributed by atoms with Gasteiger partial charge in [-0.05, 0) is 24.3 Å². The summed E-state index contributed by atoms with van der Waals surface area (Å²) in [5, 5.41) is 8.78. The molecule has 33 heavy (non-hydrogen) atoms. The van der Waals surface area contributed by atoms with Crippen molar-refractivity contribution in [1.82, 2.24) is 4.90 Å². The van der Waals surface area contributed by atoms with E-state index in [0.29, 0.717) is 0 Å². The Bertz CT molecular complexity index is 1230. The lowest BCUT2D eigenvalue weighted by molar-refractivity contribution is -0.274. The third-order valence-corrected chi connectivity index (χ3v) is 6.01. The molecular weight excluding hydrogens is 473 g/mol. The number of sulfone groups is 1. The van der Waals surface area contributed by atoms with Crippen LogP contribution in [0.25, 0.3) is 0 Å². The topological polar surface area (TPSA) is 90.7 Å². The maximum Gasteiger partial charge on any atom is 0.573 e. The molecule has 1 aliphatic heterocycles. The van der Waals surface area contributed by atoms with Gasteiger partial charge in [0, 0.05) is 38.5 Å². The van der Waals surface area contributed by atoms with E-state index in [1.165, 1.54) is 11.0 Å². The van der Waals surface area contributed by atoms with Crippen molar-refractivity contribution in [3.8, 4) is 11.8 Å². The van der Waals surface area contributed by atoms with Crippen LogP contribution in [0, 0.1) is 23.0 Å². The number of benzene rings is 2. The van der Waals surface area contributed by atoms with Gasteiger partial charge in [-0.2, -0.15) is 5.26 Å². The van der Waals surface area contributed by atoms with Gasteiger partial charge in [0.1, 0.15) is 23.5 Å². The lowest BCUT2D eigenvalue weighted by Gasteiger charge is -2.36. The molecule has 0 saturated carbocycles.